The fourth-order valence-electron chi connectivity index (χ4n) is 2.11. The summed E-state index contributed by atoms with van der Waals surface area (Å²) in [7, 11) is -6.67. The van der Waals surface area contributed by atoms with Crippen molar-refractivity contribution in [1.82, 2.24) is 4.72 Å². The third-order valence-corrected chi connectivity index (χ3v) is 5.97. The van der Waals surface area contributed by atoms with Crippen LogP contribution in [-0.2, 0) is 10.0 Å². The molecule has 0 fully saturated rings. The Morgan fingerprint density at radius 2 is 0.909 bits per heavy atom. The van der Waals surface area contributed by atoms with Gasteiger partial charge in [-0.3, -0.25) is 0 Å². The second-order valence-electron chi connectivity index (χ2n) is 6.15. The van der Waals surface area contributed by atoms with Crippen molar-refractivity contribution in [2.45, 2.75) is 60.1 Å². The highest BCUT2D eigenvalue weighted by molar-refractivity contribution is 7.90. The van der Waals surface area contributed by atoms with E-state index < -0.39 is 76.3 Å². The first-order chi connectivity index (χ1) is 14.1. The lowest BCUT2D eigenvalue weighted by Crippen LogP contribution is -2.75. The van der Waals surface area contributed by atoms with Crippen molar-refractivity contribution in [3.8, 4) is 0 Å². The van der Waals surface area contributed by atoms with Crippen molar-refractivity contribution in [3.05, 3.63) is 0 Å². The van der Waals surface area contributed by atoms with Crippen molar-refractivity contribution in [2.75, 3.05) is 13.2 Å². The number of halogens is 16. The number of rotatable bonds is 11. The van der Waals surface area contributed by atoms with Gasteiger partial charge in [-0.2, -0.15) is 65.9 Å². The van der Waals surface area contributed by atoms with Crippen LogP contribution in [0.2, 0.25) is 0 Å². The summed E-state index contributed by atoms with van der Waals surface area (Å²) in [6, 6.07) is 0. The predicted octanol–water partition coefficient (Wildman–Crippen LogP) is 4.35. The molecule has 0 aliphatic carbocycles. The van der Waals surface area contributed by atoms with Crippen LogP contribution in [0.3, 0.4) is 0 Å². The first-order valence-electron chi connectivity index (χ1n) is 7.75. The molecule has 0 amide bonds. The Bertz CT molecular complexity index is 808. The summed E-state index contributed by atoms with van der Waals surface area (Å²) in [5.74, 6) is -50.3. The number of sulfonamides is 1. The molecule has 2 N–H and O–H groups in total. The van der Waals surface area contributed by atoms with Gasteiger partial charge in [0, 0.05) is 19.6 Å². The third kappa shape index (κ3) is 4.10. The number of alkyl halides is 16. The molecule has 21 heteroatoms. The lowest BCUT2D eigenvalue weighted by molar-refractivity contribution is -0.455. The van der Waals surface area contributed by atoms with E-state index in [0.717, 1.165) is 0 Å². The molecule has 200 valence electrons. The summed E-state index contributed by atoms with van der Waals surface area (Å²) >= 11 is 0. The minimum atomic E-state index is -8.70. The second kappa shape index (κ2) is 8.45. The van der Waals surface area contributed by atoms with Crippen LogP contribution in [0.25, 0.3) is 0 Å². The van der Waals surface area contributed by atoms with Crippen LogP contribution in [0.5, 0.6) is 0 Å². The summed E-state index contributed by atoms with van der Waals surface area (Å²) in [4.78, 5) is 0. The Morgan fingerprint density at radius 3 is 1.18 bits per heavy atom. The van der Waals surface area contributed by atoms with Gasteiger partial charge < -0.3 is 5.11 Å². The molecule has 0 saturated carbocycles. The maximum atomic E-state index is 14.5. The Hall–Kier alpha value is -1.25. The van der Waals surface area contributed by atoms with Gasteiger partial charge in [-0.25, -0.2) is 17.5 Å². The lowest BCUT2D eigenvalue weighted by Gasteiger charge is -2.44. The van der Waals surface area contributed by atoms with E-state index in [4.69, 9.17) is 5.11 Å². The first-order valence-corrected chi connectivity index (χ1v) is 9.23. The van der Waals surface area contributed by atoms with Crippen LogP contribution >= 0.6 is 0 Å². The third-order valence-electron chi connectivity index (χ3n) is 3.99. The molecule has 33 heavy (non-hydrogen) atoms. The topological polar surface area (TPSA) is 66.4 Å². The van der Waals surface area contributed by atoms with E-state index in [2.05, 4.69) is 0 Å². The monoisotopic (exact) mass is 553 g/mol. The second-order valence-corrected chi connectivity index (χ2v) is 8.09. The van der Waals surface area contributed by atoms with E-state index in [1.807, 2.05) is 0 Å². The van der Waals surface area contributed by atoms with Gasteiger partial charge in [-0.15, -0.1) is 0 Å². The highest BCUT2D eigenvalue weighted by atomic mass is 32.2. The molecule has 0 rings (SSSR count). The largest absolute Gasteiger partial charge is 0.460 e. The van der Waals surface area contributed by atoms with E-state index in [-0.39, 0.29) is 0 Å². The fraction of sp³-hybridized carbons (Fsp3) is 1.00. The molecule has 0 heterocycles. The van der Waals surface area contributed by atoms with E-state index in [1.165, 1.54) is 0 Å². The highest BCUT2D eigenvalue weighted by Gasteiger charge is 2.95. The lowest BCUT2D eigenvalue weighted by atomic mass is 9.89. The van der Waals surface area contributed by atoms with Gasteiger partial charge in [-0.05, 0) is 0 Å². The summed E-state index contributed by atoms with van der Waals surface area (Å²) in [6.45, 7) is -2.73. The van der Waals surface area contributed by atoms with Crippen molar-refractivity contribution < 1.29 is 83.8 Å². The summed E-state index contributed by atoms with van der Waals surface area (Å²) in [5.41, 5.74) is 0. The van der Waals surface area contributed by atoms with Crippen LogP contribution in [-0.4, -0.2) is 73.4 Å². The molecule has 0 aliphatic heterocycles. The molecule has 4 nitrogen and oxygen atoms in total. The predicted molar refractivity (Wildman–Crippen MR) is 73.9 cm³/mol. The zero-order valence-electron chi connectivity index (χ0n) is 15.3. The Labute approximate surface area is 173 Å². The number of hydrogen-bond acceptors (Lipinski definition) is 3. The molecule has 0 saturated heterocycles. The smallest absolute Gasteiger partial charge is 0.396 e. The van der Waals surface area contributed by atoms with Gasteiger partial charge in [-0.1, -0.05) is 6.92 Å². The zero-order chi connectivity index (χ0) is 27.3. The number of nitrogens with one attached hydrogen (secondary N) is 1. The maximum absolute atomic E-state index is 14.5. The normalized spacial score (nSPS) is 17.8. The van der Waals surface area contributed by atoms with E-state index >= 15 is 0 Å². The summed E-state index contributed by atoms with van der Waals surface area (Å²) in [6.07, 6.45) is -10.6. The Balaban J connectivity index is 7.11. The molecular formula is C12H11F16NO3S. The van der Waals surface area contributed by atoms with Crippen LogP contribution in [0.1, 0.15) is 13.3 Å². The number of aliphatic hydroxyl groups is 1. The molecule has 0 aromatic carbocycles. The molecule has 0 aliphatic rings. The van der Waals surface area contributed by atoms with Gasteiger partial charge in [0.05, 0.1) is 0 Å². The highest BCUT2D eigenvalue weighted by Crippen LogP contribution is 2.64. The van der Waals surface area contributed by atoms with Crippen molar-refractivity contribution in [3.63, 3.8) is 0 Å². The summed E-state index contributed by atoms with van der Waals surface area (Å²) in [5, 5.41) is 2.26. The van der Waals surface area contributed by atoms with Crippen molar-refractivity contribution in [2.24, 2.45) is 0 Å². The Morgan fingerprint density at radius 1 is 0.606 bits per heavy atom. The maximum Gasteiger partial charge on any atom is 0.460 e. The van der Waals surface area contributed by atoms with Crippen molar-refractivity contribution >= 4 is 10.0 Å². The molecular weight excluding hydrogens is 542 g/mol. The van der Waals surface area contributed by atoms with Gasteiger partial charge >= 0.3 is 41.7 Å². The van der Waals surface area contributed by atoms with Crippen molar-refractivity contribution in [1.29, 1.82) is 0 Å². The van der Waals surface area contributed by atoms with Crippen LogP contribution in [0.15, 0.2) is 0 Å². The standard InChI is InChI=1S/C12H11F16NO3S/c1-2-29-33(31,32)5(13,3-4-30)6(14,15)7(16,17)8(18,19)9(20,21)10(22,23)11(24,25)12(26,27)28/h29-30H,2-4H2,1H3. The molecule has 0 bridgehead atoms. The summed E-state index contributed by atoms with van der Waals surface area (Å²) < 4.78 is 236. The molecule has 0 radical (unpaired) electrons. The molecule has 0 spiro atoms. The van der Waals surface area contributed by atoms with Gasteiger partial charge in [0.25, 0.3) is 15.0 Å². The van der Waals surface area contributed by atoms with Crippen LogP contribution < -0.4 is 4.72 Å². The molecule has 1 atom stereocenters. The molecule has 1 unspecified atom stereocenters. The quantitative estimate of drug-likeness (QED) is 0.375. The Kier molecular flexibility index (Phi) is 8.13. The van der Waals surface area contributed by atoms with Gasteiger partial charge in [0.2, 0.25) is 0 Å². The number of hydrogen-bond donors (Lipinski definition) is 2. The average Bonchev–Trinajstić information content (AvgIpc) is 2.59. The number of aliphatic hydroxyl groups excluding tert-OH is 1. The first kappa shape index (κ1) is 31.8. The SMILES string of the molecule is CCNS(=O)(=O)C(F)(CCO)C(F)(F)C(F)(F)C(F)(F)C(F)(F)C(F)(F)C(F)(F)C(F)(F)F. The van der Waals surface area contributed by atoms with E-state index in [9.17, 15) is 78.7 Å². The van der Waals surface area contributed by atoms with E-state index in [0.29, 0.717) is 11.6 Å². The van der Waals surface area contributed by atoms with Gasteiger partial charge in [0.1, 0.15) is 0 Å². The average molecular weight is 553 g/mol. The van der Waals surface area contributed by atoms with Crippen LogP contribution in [0, 0.1) is 0 Å². The van der Waals surface area contributed by atoms with Crippen LogP contribution in [0.4, 0.5) is 70.2 Å². The fourth-order valence-corrected chi connectivity index (χ4v) is 3.54. The molecule has 0 aromatic rings. The minimum Gasteiger partial charge on any atom is -0.396 e. The van der Waals surface area contributed by atoms with Gasteiger partial charge in [0.15, 0.2) is 0 Å². The zero-order valence-corrected chi connectivity index (χ0v) is 16.2. The minimum absolute atomic E-state index is 0.649. The van der Waals surface area contributed by atoms with E-state index in [1.54, 1.807) is 0 Å². The molecule has 0 aromatic heterocycles.